The molecule has 1 saturated carbocycles. The van der Waals surface area contributed by atoms with Crippen LogP contribution in [0.15, 0.2) is 46.4 Å². The molecule has 1 aliphatic carbocycles. The molecular weight excluding hydrogens is 500 g/mol. The van der Waals surface area contributed by atoms with E-state index < -0.39 is 0 Å². The van der Waals surface area contributed by atoms with E-state index in [2.05, 4.69) is 54.8 Å². The fourth-order valence-electron chi connectivity index (χ4n) is 4.72. The van der Waals surface area contributed by atoms with Gasteiger partial charge >= 0.3 is 0 Å². The minimum atomic E-state index is -0.314. The SMILES string of the molecule is C=CC(=O)Nc1cc(Nc2nc(Br)cn(C)c2=O)ccc1N1CCN(C2CCC(=O)C2)C[C@@H]1C. The number of carbonyl (C=O) groups excluding carboxylic acids is 2. The Balaban J connectivity index is 1.58. The lowest BCUT2D eigenvalue weighted by Gasteiger charge is -2.44. The van der Waals surface area contributed by atoms with Gasteiger partial charge in [0.1, 0.15) is 10.4 Å². The molecule has 180 valence electrons. The smallest absolute Gasteiger partial charge is 0.293 e. The summed E-state index contributed by atoms with van der Waals surface area (Å²) in [4.78, 5) is 45.3. The number of piperazine rings is 1. The van der Waals surface area contributed by atoms with Crippen LogP contribution in [0.3, 0.4) is 0 Å². The second-order valence-corrected chi connectivity index (χ2v) is 9.66. The second kappa shape index (κ2) is 10.1. The Hall–Kier alpha value is -2.98. The molecule has 1 saturated heterocycles. The third kappa shape index (κ3) is 5.23. The third-order valence-electron chi connectivity index (χ3n) is 6.45. The van der Waals surface area contributed by atoms with Gasteiger partial charge in [0, 0.05) is 63.5 Å². The lowest BCUT2D eigenvalue weighted by Crippen LogP contribution is -2.54. The first-order valence-electron chi connectivity index (χ1n) is 11.3. The van der Waals surface area contributed by atoms with Crippen LogP contribution in [-0.4, -0.2) is 57.9 Å². The van der Waals surface area contributed by atoms with Crippen molar-refractivity contribution in [2.75, 3.05) is 35.2 Å². The molecule has 34 heavy (non-hydrogen) atoms. The predicted molar refractivity (Wildman–Crippen MR) is 137 cm³/mol. The number of aryl methyl sites for hydroxylation is 1. The lowest BCUT2D eigenvalue weighted by molar-refractivity contribution is -0.117. The number of rotatable bonds is 6. The zero-order chi connectivity index (χ0) is 24.4. The van der Waals surface area contributed by atoms with Crippen LogP contribution in [0.25, 0.3) is 0 Å². The fraction of sp³-hybridized carbons (Fsp3) is 0.417. The van der Waals surface area contributed by atoms with Crippen LogP contribution in [0.1, 0.15) is 26.2 Å². The standard InChI is InChI=1S/C24H29BrN6O3/c1-4-22(33)27-19-11-16(26-23-24(34)29(3)14-21(25)28-23)5-8-20(19)31-10-9-30(13-15(31)2)17-6-7-18(32)12-17/h4-5,8,11,14-15,17H,1,6-7,9-10,12-13H2,2-3H3,(H,26,28)(H,27,33)/t15-,17?/m0/s1. The van der Waals surface area contributed by atoms with Gasteiger partial charge in [0.05, 0.1) is 11.4 Å². The van der Waals surface area contributed by atoms with E-state index in [0.29, 0.717) is 40.6 Å². The summed E-state index contributed by atoms with van der Waals surface area (Å²) in [5, 5.41) is 5.97. The van der Waals surface area contributed by atoms with Crippen molar-refractivity contribution >= 4 is 50.5 Å². The van der Waals surface area contributed by atoms with E-state index in [9.17, 15) is 14.4 Å². The van der Waals surface area contributed by atoms with Crippen molar-refractivity contribution in [2.24, 2.45) is 7.05 Å². The maximum absolute atomic E-state index is 12.5. The first-order chi connectivity index (χ1) is 16.2. The molecule has 10 heteroatoms. The number of benzene rings is 1. The number of aromatic nitrogens is 2. The van der Waals surface area contributed by atoms with Gasteiger partial charge in [-0.05, 0) is 53.5 Å². The lowest BCUT2D eigenvalue weighted by atomic mass is 10.1. The van der Waals surface area contributed by atoms with E-state index in [0.717, 1.165) is 31.7 Å². The van der Waals surface area contributed by atoms with Crippen LogP contribution in [0.2, 0.25) is 0 Å². The van der Waals surface area contributed by atoms with Crippen molar-refractivity contribution in [1.29, 1.82) is 0 Å². The second-order valence-electron chi connectivity index (χ2n) is 8.85. The summed E-state index contributed by atoms with van der Waals surface area (Å²) < 4.78 is 1.97. The number of hydrogen-bond acceptors (Lipinski definition) is 7. The molecule has 2 fully saturated rings. The van der Waals surface area contributed by atoms with Crippen LogP contribution >= 0.6 is 15.9 Å². The van der Waals surface area contributed by atoms with Gasteiger partial charge in [-0.3, -0.25) is 19.3 Å². The van der Waals surface area contributed by atoms with Gasteiger partial charge < -0.3 is 20.1 Å². The van der Waals surface area contributed by atoms with Gasteiger partial charge in [-0.1, -0.05) is 6.58 Å². The summed E-state index contributed by atoms with van der Waals surface area (Å²) >= 11 is 3.31. The van der Waals surface area contributed by atoms with Gasteiger partial charge in [0.25, 0.3) is 5.56 Å². The highest BCUT2D eigenvalue weighted by atomic mass is 79.9. The highest BCUT2D eigenvalue weighted by Gasteiger charge is 2.33. The molecule has 2 aromatic rings. The molecule has 1 amide bonds. The molecule has 2 N–H and O–H groups in total. The van der Waals surface area contributed by atoms with E-state index in [1.165, 1.54) is 10.6 Å². The molecule has 0 bridgehead atoms. The van der Waals surface area contributed by atoms with Crippen LogP contribution in [0.4, 0.5) is 22.9 Å². The number of carbonyl (C=O) groups is 2. The van der Waals surface area contributed by atoms with Crippen LogP contribution in [0.5, 0.6) is 0 Å². The first-order valence-corrected chi connectivity index (χ1v) is 12.1. The number of halogens is 1. The van der Waals surface area contributed by atoms with E-state index >= 15 is 0 Å². The molecule has 0 spiro atoms. The topological polar surface area (TPSA) is 99.6 Å². The Morgan fingerprint density at radius 3 is 2.76 bits per heavy atom. The van der Waals surface area contributed by atoms with Crippen LogP contribution in [0, 0.1) is 0 Å². The zero-order valence-corrected chi connectivity index (χ0v) is 21.0. The van der Waals surface area contributed by atoms with Gasteiger partial charge in [-0.15, -0.1) is 0 Å². The Kier molecular flexibility index (Phi) is 7.18. The van der Waals surface area contributed by atoms with Crippen LogP contribution < -0.4 is 21.1 Å². The molecule has 1 unspecified atom stereocenters. The van der Waals surface area contributed by atoms with Crippen molar-refractivity contribution in [2.45, 2.75) is 38.3 Å². The maximum Gasteiger partial charge on any atom is 0.293 e. The molecule has 2 heterocycles. The molecular formula is C24H29BrN6O3. The van der Waals surface area contributed by atoms with Gasteiger partial charge in [-0.2, -0.15) is 0 Å². The maximum atomic E-state index is 12.5. The minimum absolute atomic E-state index is 0.179. The average Bonchev–Trinajstić information content (AvgIpc) is 3.24. The molecule has 1 aliphatic heterocycles. The number of nitrogens with zero attached hydrogens (tertiary/aromatic N) is 4. The van der Waals surface area contributed by atoms with E-state index in [1.54, 1.807) is 19.3 Å². The van der Waals surface area contributed by atoms with Gasteiger partial charge in [-0.25, -0.2) is 4.98 Å². The monoisotopic (exact) mass is 528 g/mol. The van der Waals surface area contributed by atoms with Gasteiger partial charge in [0.15, 0.2) is 5.82 Å². The minimum Gasteiger partial charge on any atom is -0.365 e. The number of hydrogen-bond donors (Lipinski definition) is 2. The summed E-state index contributed by atoms with van der Waals surface area (Å²) in [6.07, 6.45) is 5.09. The van der Waals surface area contributed by atoms with E-state index in [-0.39, 0.29) is 23.3 Å². The zero-order valence-electron chi connectivity index (χ0n) is 19.4. The summed E-state index contributed by atoms with van der Waals surface area (Å²) in [6.45, 7) is 8.21. The van der Waals surface area contributed by atoms with Crippen LogP contribution in [-0.2, 0) is 16.6 Å². The highest BCUT2D eigenvalue weighted by molar-refractivity contribution is 9.10. The normalized spacial score (nSPS) is 20.9. The summed E-state index contributed by atoms with van der Waals surface area (Å²) in [6, 6.07) is 6.14. The molecule has 1 aromatic carbocycles. The number of amides is 1. The van der Waals surface area contributed by atoms with Gasteiger partial charge in [0.2, 0.25) is 5.91 Å². The highest BCUT2D eigenvalue weighted by Crippen LogP contribution is 2.34. The van der Waals surface area contributed by atoms with E-state index in [4.69, 9.17) is 0 Å². The summed E-state index contributed by atoms with van der Waals surface area (Å²) in [7, 11) is 1.65. The first kappa shape index (κ1) is 24.2. The largest absolute Gasteiger partial charge is 0.365 e. The van der Waals surface area contributed by atoms with Crippen molar-refractivity contribution in [3.8, 4) is 0 Å². The summed E-state index contributed by atoms with van der Waals surface area (Å²) in [5.74, 6) is 0.219. The number of ketones is 1. The molecule has 9 nitrogen and oxygen atoms in total. The molecule has 4 rings (SSSR count). The Morgan fingerprint density at radius 1 is 1.29 bits per heavy atom. The van der Waals surface area contributed by atoms with Crippen molar-refractivity contribution < 1.29 is 9.59 Å². The van der Waals surface area contributed by atoms with Crippen molar-refractivity contribution in [1.82, 2.24) is 14.5 Å². The Morgan fingerprint density at radius 2 is 2.09 bits per heavy atom. The third-order valence-corrected chi connectivity index (χ3v) is 6.83. The number of nitrogens with one attached hydrogen (secondary N) is 2. The Labute approximate surface area is 207 Å². The molecule has 2 aliphatic rings. The average molecular weight is 529 g/mol. The van der Waals surface area contributed by atoms with Crippen molar-refractivity contribution in [3.05, 3.63) is 52.0 Å². The summed E-state index contributed by atoms with van der Waals surface area (Å²) in [5.41, 5.74) is 1.88. The Bertz CT molecular complexity index is 1180. The fourth-order valence-corrected chi connectivity index (χ4v) is 5.20. The predicted octanol–water partition coefficient (Wildman–Crippen LogP) is 3.04. The quantitative estimate of drug-likeness (QED) is 0.555. The number of anilines is 4. The van der Waals surface area contributed by atoms with Crippen molar-refractivity contribution in [3.63, 3.8) is 0 Å². The molecule has 1 aromatic heterocycles. The molecule has 2 atom stereocenters. The van der Waals surface area contributed by atoms with E-state index in [1.807, 2.05) is 12.1 Å². The number of Topliss-reactive ketones (excluding diaryl/α,β-unsaturated/α-hetero) is 1. The molecule has 0 radical (unpaired) electrons.